The minimum Gasteiger partial charge on any atom is -0.496 e. The Morgan fingerprint density at radius 3 is 2.42 bits per heavy atom. The van der Waals surface area contributed by atoms with Gasteiger partial charge in [0.2, 0.25) is 0 Å². The number of anilines is 1. The summed E-state index contributed by atoms with van der Waals surface area (Å²) in [5.74, 6) is 0.954. The number of alkyl halides is 3. The Hall–Kier alpha value is -1.76. The van der Waals surface area contributed by atoms with Gasteiger partial charge in [0.25, 0.3) is 0 Å². The molecule has 134 valence electrons. The largest absolute Gasteiger partial charge is 0.496 e. The first-order valence-corrected chi connectivity index (χ1v) is 7.82. The summed E-state index contributed by atoms with van der Waals surface area (Å²) in [4.78, 5) is 6.10. The van der Waals surface area contributed by atoms with Gasteiger partial charge in [0, 0.05) is 37.3 Å². The molecule has 0 bridgehead atoms. The van der Waals surface area contributed by atoms with Crippen LogP contribution in [0, 0.1) is 6.92 Å². The lowest BCUT2D eigenvalue weighted by atomic mass is 9.84. The fraction of sp³-hybridized carbons (Fsp3) is 0.588. The Morgan fingerprint density at radius 1 is 1.42 bits per heavy atom. The molecule has 2 rings (SSSR count). The predicted molar refractivity (Wildman–Crippen MR) is 88.1 cm³/mol. The average molecular weight is 344 g/mol. The highest BCUT2D eigenvalue weighted by Crippen LogP contribution is 2.53. The number of aryl methyl sites for hydroxylation is 1. The number of nitrogens with zero attached hydrogens (tertiary/aromatic N) is 2. The van der Waals surface area contributed by atoms with Gasteiger partial charge in [-0.25, -0.2) is 0 Å². The molecule has 1 aromatic rings. The Kier molecular flexibility index (Phi) is 5.13. The standard InChI is InChI=1S/C17H23F3N2O2/c1-6-22(12(3)21-4)14-10-15(23-5)13(9-11(14)2)16(7-8-24-16)17(18,19)20/h9-10H,6-8H2,1-5H3. The maximum absolute atomic E-state index is 13.6. The Bertz CT molecular complexity index is 637. The van der Waals surface area contributed by atoms with E-state index in [0.29, 0.717) is 6.54 Å². The van der Waals surface area contributed by atoms with E-state index < -0.39 is 11.8 Å². The molecule has 0 amide bonds. The van der Waals surface area contributed by atoms with Crippen LogP contribution in [-0.4, -0.2) is 39.3 Å². The van der Waals surface area contributed by atoms with Gasteiger partial charge in [-0.1, -0.05) is 0 Å². The van der Waals surface area contributed by atoms with Gasteiger partial charge in [0.15, 0.2) is 5.60 Å². The molecule has 0 aromatic heterocycles. The fourth-order valence-electron chi connectivity index (χ4n) is 3.04. The number of rotatable bonds is 4. The van der Waals surface area contributed by atoms with Crippen molar-refractivity contribution in [2.75, 3.05) is 32.2 Å². The van der Waals surface area contributed by atoms with Crippen molar-refractivity contribution in [2.24, 2.45) is 4.99 Å². The zero-order chi connectivity index (χ0) is 18.1. The second-order valence-corrected chi connectivity index (χ2v) is 5.78. The first-order chi connectivity index (χ1) is 11.2. The smallest absolute Gasteiger partial charge is 0.421 e. The van der Waals surface area contributed by atoms with Crippen LogP contribution in [0.1, 0.15) is 31.4 Å². The van der Waals surface area contributed by atoms with Crippen molar-refractivity contribution in [1.29, 1.82) is 0 Å². The molecule has 1 aliphatic rings. The number of hydrogen-bond acceptors (Lipinski definition) is 3. The zero-order valence-electron chi connectivity index (χ0n) is 14.6. The van der Waals surface area contributed by atoms with E-state index in [1.54, 1.807) is 20.0 Å². The van der Waals surface area contributed by atoms with Gasteiger partial charge < -0.3 is 14.4 Å². The number of aliphatic imine (C=N–C) groups is 1. The first-order valence-electron chi connectivity index (χ1n) is 7.82. The summed E-state index contributed by atoms with van der Waals surface area (Å²) >= 11 is 0. The van der Waals surface area contributed by atoms with Gasteiger partial charge in [-0.15, -0.1) is 0 Å². The van der Waals surface area contributed by atoms with Crippen LogP contribution in [-0.2, 0) is 10.3 Å². The highest BCUT2D eigenvalue weighted by molar-refractivity contribution is 5.96. The summed E-state index contributed by atoms with van der Waals surface area (Å²) in [5.41, 5.74) is -0.744. The molecule has 1 saturated heterocycles. The molecule has 0 radical (unpaired) electrons. The average Bonchev–Trinajstić information content (AvgIpc) is 2.46. The number of methoxy groups -OCH3 is 1. The minimum absolute atomic E-state index is 0.0344. The normalized spacial score (nSPS) is 21.4. The number of benzene rings is 1. The van der Waals surface area contributed by atoms with Gasteiger partial charge >= 0.3 is 6.18 Å². The van der Waals surface area contributed by atoms with Crippen LogP contribution in [0.3, 0.4) is 0 Å². The highest BCUT2D eigenvalue weighted by atomic mass is 19.4. The quantitative estimate of drug-likeness (QED) is 0.610. The topological polar surface area (TPSA) is 34.1 Å². The Labute approximate surface area is 140 Å². The lowest BCUT2D eigenvalue weighted by Crippen LogP contribution is -2.53. The van der Waals surface area contributed by atoms with E-state index in [-0.39, 0.29) is 24.3 Å². The van der Waals surface area contributed by atoms with Crippen molar-refractivity contribution >= 4 is 11.5 Å². The van der Waals surface area contributed by atoms with Crippen molar-refractivity contribution in [1.82, 2.24) is 0 Å². The van der Waals surface area contributed by atoms with E-state index in [0.717, 1.165) is 17.1 Å². The van der Waals surface area contributed by atoms with Crippen molar-refractivity contribution in [3.8, 4) is 5.75 Å². The summed E-state index contributed by atoms with van der Waals surface area (Å²) in [6.07, 6.45) is -4.59. The number of hydrogen-bond donors (Lipinski definition) is 0. The molecule has 0 saturated carbocycles. The summed E-state index contributed by atoms with van der Waals surface area (Å²) < 4.78 is 51.1. The molecular formula is C17H23F3N2O2. The molecule has 1 heterocycles. The second-order valence-electron chi connectivity index (χ2n) is 5.78. The summed E-state index contributed by atoms with van der Waals surface area (Å²) in [5, 5.41) is 0. The molecule has 1 aromatic carbocycles. The number of ether oxygens (including phenoxy) is 2. The minimum atomic E-state index is -4.49. The second kappa shape index (κ2) is 6.63. The van der Waals surface area contributed by atoms with Gasteiger partial charge in [-0.05, 0) is 32.4 Å². The SMILES string of the molecule is CCN(C(C)=NC)c1cc(OC)c(C2(C(F)(F)F)CCO2)cc1C. The summed E-state index contributed by atoms with van der Waals surface area (Å²) in [6.45, 7) is 6.34. The third-order valence-electron chi connectivity index (χ3n) is 4.53. The molecule has 1 unspecified atom stereocenters. The van der Waals surface area contributed by atoms with Gasteiger partial charge in [0.05, 0.1) is 19.6 Å². The van der Waals surface area contributed by atoms with Crippen LogP contribution in [0.2, 0.25) is 0 Å². The van der Waals surface area contributed by atoms with E-state index in [1.807, 2.05) is 18.7 Å². The van der Waals surface area contributed by atoms with Crippen LogP contribution < -0.4 is 9.64 Å². The van der Waals surface area contributed by atoms with Crippen LogP contribution in [0.5, 0.6) is 5.75 Å². The zero-order valence-corrected chi connectivity index (χ0v) is 14.6. The van der Waals surface area contributed by atoms with Gasteiger partial charge in [-0.3, -0.25) is 4.99 Å². The van der Waals surface area contributed by atoms with Crippen molar-refractivity contribution < 1.29 is 22.6 Å². The highest BCUT2D eigenvalue weighted by Gasteiger charge is 2.62. The maximum atomic E-state index is 13.6. The molecule has 1 atom stereocenters. The lowest BCUT2D eigenvalue weighted by Gasteiger charge is -2.44. The molecule has 1 fully saturated rings. The first kappa shape index (κ1) is 18.6. The van der Waals surface area contributed by atoms with Crippen LogP contribution in [0.15, 0.2) is 17.1 Å². The van der Waals surface area contributed by atoms with Crippen LogP contribution in [0.25, 0.3) is 0 Å². The third-order valence-corrected chi connectivity index (χ3v) is 4.53. The molecule has 0 N–H and O–H groups in total. The van der Waals surface area contributed by atoms with E-state index in [9.17, 15) is 13.2 Å². The summed E-state index contributed by atoms with van der Waals surface area (Å²) in [7, 11) is 3.05. The monoisotopic (exact) mass is 344 g/mol. The van der Waals surface area contributed by atoms with E-state index in [2.05, 4.69) is 4.99 Å². The molecule has 0 spiro atoms. The third kappa shape index (κ3) is 2.85. The van der Waals surface area contributed by atoms with Crippen molar-refractivity contribution in [3.05, 3.63) is 23.3 Å². The van der Waals surface area contributed by atoms with E-state index in [1.165, 1.54) is 13.2 Å². The fourth-order valence-corrected chi connectivity index (χ4v) is 3.04. The maximum Gasteiger partial charge on any atom is 0.421 e. The lowest BCUT2D eigenvalue weighted by molar-refractivity contribution is -0.333. The summed E-state index contributed by atoms with van der Waals surface area (Å²) in [6, 6.07) is 3.16. The molecule has 7 heteroatoms. The van der Waals surface area contributed by atoms with E-state index >= 15 is 0 Å². The van der Waals surface area contributed by atoms with E-state index in [4.69, 9.17) is 9.47 Å². The molecule has 1 aliphatic heterocycles. The van der Waals surface area contributed by atoms with Crippen molar-refractivity contribution in [3.63, 3.8) is 0 Å². The molecular weight excluding hydrogens is 321 g/mol. The molecule has 0 aliphatic carbocycles. The molecule has 24 heavy (non-hydrogen) atoms. The van der Waals surface area contributed by atoms with Crippen LogP contribution in [0.4, 0.5) is 18.9 Å². The van der Waals surface area contributed by atoms with Crippen LogP contribution >= 0.6 is 0 Å². The van der Waals surface area contributed by atoms with Gasteiger partial charge in [-0.2, -0.15) is 13.2 Å². The molecule has 4 nitrogen and oxygen atoms in total. The number of halogens is 3. The van der Waals surface area contributed by atoms with Gasteiger partial charge in [0.1, 0.15) is 5.75 Å². The number of amidine groups is 1. The Balaban J connectivity index is 2.60. The predicted octanol–water partition coefficient (Wildman–Crippen LogP) is 4.06. The Morgan fingerprint density at radius 2 is 2.04 bits per heavy atom. The van der Waals surface area contributed by atoms with Crippen molar-refractivity contribution in [2.45, 2.75) is 39.0 Å².